The number of benzene rings is 1. The minimum atomic E-state index is -0.965. The van der Waals surface area contributed by atoms with Gasteiger partial charge in [0.25, 0.3) is 0 Å². The van der Waals surface area contributed by atoms with Gasteiger partial charge in [-0.1, -0.05) is 30.4 Å². The van der Waals surface area contributed by atoms with Crippen molar-refractivity contribution in [3.8, 4) is 5.75 Å². The van der Waals surface area contributed by atoms with Crippen LogP contribution in [-0.2, 0) is 4.74 Å². The zero-order chi connectivity index (χ0) is 15.1. The topological polar surface area (TPSA) is 79.7 Å². The minimum absolute atomic E-state index is 0.269. The molecule has 1 unspecified atom stereocenters. The zero-order valence-electron chi connectivity index (χ0n) is 11.4. The van der Waals surface area contributed by atoms with E-state index in [9.17, 15) is 9.59 Å². The Hall–Kier alpha value is -2.63. The number of carbonyl (C=O) groups excluding carboxylic acids is 2. The first-order valence-corrected chi connectivity index (χ1v) is 6.63. The van der Waals surface area contributed by atoms with Gasteiger partial charge in [0, 0.05) is 6.42 Å². The van der Waals surface area contributed by atoms with Crippen molar-refractivity contribution < 1.29 is 19.1 Å². The van der Waals surface area contributed by atoms with Crippen molar-refractivity contribution in [3.63, 3.8) is 0 Å². The van der Waals surface area contributed by atoms with Crippen LogP contribution in [0.2, 0.25) is 0 Å². The van der Waals surface area contributed by atoms with Gasteiger partial charge in [-0.2, -0.15) is 4.90 Å². The van der Waals surface area contributed by atoms with Gasteiger partial charge in [0.2, 0.25) is 0 Å². The summed E-state index contributed by atoms with van der Waals surface area (Å²) < 4.78 is 10.2. The van der Waals surface area contributed by atoms with Gasteiger partial charge in [0.05, 0.1) is 0 Å². The molecule has 0 saturated heterocycles. The Labute approximate surface area is 122 Å². The maximum Gasteiger partial charge on any atom is 0.430 e. The molecule has 21 heavy (non-hydrogen) atoms. The molecule has 0 bridgehead atoms. The maximum atomic E-state index is 11.9. The molecule has 2 amide bonds. The molecule has 1 aliphatic rings. The van der Waals surface area contributed by atoms with Crippen LogP contribution in [0.15, 0.2) is 42.5 Å². The fourth-order valence-corrected chi connectivity index (χ4v) is 1.89. The number of allylic oxidation sites excluding steroid dienone is 1. The third kappa shape index (κ3) is 4.17. The van der Waals surface area contributed by atoms with Crippen LogP contribution in [0.5, 0.6) is 5.75 Å². The summed E-state index contributed by atoms with van der Waals surface area (Å²) in [6, 6.07) is 8.33. The maximum absolute atomic E-state index is 11.9. The highest BCUT2D eigenvalue weighted by Crippen LogP contribution is 2.16. The van der Waals surface area contributed by atoms with E-state index in [1.165, 1.54) is 0 Å². The lowest BCUT2D eigenvalue weighted by Gasteiger charge is -2.21. The largest absolute Gasteiger partial charge is 0.445 e. The van der Waals surface area contributed by atoms with Gasteiger partial charge in [-0.05, 0) is 25.0 Å². The van der Waals surface area contributed by atoms with Gasteiger partial charge < -0.3 is 9.47 Å². The van der Waals surface area contributed by atoms with Crippen LogP contribution in [0.4, 0.5) is 9.59 Å². The number of carbonyl (C=O) groups is 2. The molecule has 6 heteroatoms. The molecule has 1 aromatic rings. The summed E-state index contributed by atoms with van der Waals surface area (Å²) in [5.74, 6) is 0.294. The van der Waals surface area contributed by atoms with E-state index in [0.29, 0.717) is 29.8 Å². The number of para-hydroxylation sites is 1. The summed E-state index contributed by atoms with van der Waals surface area (Å²) in [5.41, 5.74) is 0. The van der Waals surface area contributed by atoms with Crippen LogP contribution in [0, 0.1) is 5.41 Å². The Morgan fingerprint density at radius 1 is 1.19 bits per heavy atom. The number of nitrogens with zero attached hydrogens (tertiary/aromatic N) is 1. The normalized spacial score (nSPS) is 16.9. The lowest BCUT2D eigenvalue weighted by Crippen LogP contribution is -2.39. The first-order valence-electron chi connectivity index (χ1n) is 6.63. The number of hydrogen-bond donors (Lipinski definition) is 1. The molecule has 0 saturated carbocycles. The van der Waals surface area contributed by atoms with Gasteiger partial charge in [-0.25, -0.2) is 9.59 Å². The first kappa shape index (κ1) is 14.8. The van der Waals surface area contributed by atoms with Crippen LogP contribution in [-0.4, -0.2) is 29.5 Å². The van der Waals surface area contributed by atoms with Gasteiger partial charge >= 0.3 is 12.2 Å². The van der Waals surface area contributed by atoms with Crippen molar-refractivity contribution in [1.29, 1.82) is 5.41 Å². The predicted octanol–water partition coefficient (Wildman–Crippen LogP) is 3.34. The molecular weight excluding hydrogens is 272 g/mol. The van der Waals surface area contributed by atoms with Crippen LogP contribution >= 0.6 is 0 Å². The van der Waals surface area contributed by atoms with Gasteiger partial charge in [-0.15, -0.1) is 0 Å². The second kappa shape index (κ2) is 7.23. The summed E-state index contributed by atoms with van der Waals surface area (Å²) in [7, 11) is 0. The van der Waals surface area contributed by atoms with E-state index in [-0.39, 0.29) is 6.10 Å². The number of rotatable bonds is 3. The highest BCUT2D eigenvalue weighted by atomic mass is 16.6. The molecule has 0 spiro atoms. The lowest BCUT2D eigenvalue weighted by atomic mass is 10.1. The third-order valence-corrected chi connectivity index (χ3v) is 2.96. The summed E-state index contributed by atoms with van der Waals surface area (Å²) in [6.07, 6.45) is 4.56. The van der Waals surface area contributed by atoms with E-state index >= 15 is 0 Å². The minimum Gasteiger partial charge on any atom is -0.445 e. The molecular formula is C15H16N2O4. The van der Waals surface area contributed by atoms with Crippen molar-refractivity contribution in [2.75, 3.05) is 0 Å². The molecule has 0 radical (unpaired) electrons. The van der Waals surface area contributed by atoms with Crippen molar-refractivity contribution in [2.45, 2.75) is 25.4 Å². The Balaban J connectivity index is 1.94. The van der Waals surface area contributed by atoms with Crippen LogP contribution in [0.3, 0.4) is 0 Å². The average molecular weight is 288 g/mol. The van der Waals surface area contributed by atoms with Crippen molar-refractivity contribution in [3.05, 3.63) is 42.5 Å². The molecule has 110 valence electrons. The first-order chi connectivity index (χ1) is 10.2. The quantitative estimate of drug-likeness (QED) is 0.525. The summed E-state index contributed by atoms with van der Waals surface area (Å²) in [6.45, 7) is 0. The van der Waals surface area contributed by atoms with E-state index in [2.05, 4.69) is 0 Å². The molecule has 0 aromatic heterocycles. The SMILES string of the molecule is N=CN(C(=O)Oc1ccccc1)C(=O)OC1CC=CCC1. The van der Waals surface area contributed by atoms with E-state index < -0.39 is 12.2 Å². The molecule has 1 aliphatic carbocycles. The molecule has 2 rings (SSSR count). The number of nitrogens with one attached hydrogen (secondary N) is 1. The second-order valence-electron chi connectivity index (χ2n) is 4.47. The fraction of sp³-hybridized carbons (Fsp3) is 0.267. The van der Waals surface area contributed by atoms with E-state index in [4.69, 9.17) is 14.9 Å². The van der Waals surface area contributed by atoms with Crippen molar-refractivity contribution in [2.24, 2.45) is 0 Å². The molecule has 1 atom stereocenters. The molecule has 1 N–H and O–H groups in total. The Morgan fingerprint density at radius 2 is 1.95 bits per heavy atom. The monoisotopic (exact) mass is 288 g/mol. The van der Waals surface area contributed by atoms with Crippen LogP contribution in [0.1, 0.15) is 19.3 Å². The van der Waals surface area contributed by atoms with Crippen LogP contribution in [0.25, 0.3) is 0 Å². The summed E-state index contributed by atoms with van der Waals surface area (Å²) in [5, 5.41) is 7.19. The summed E-state index contributed by atoms with van der Waals surface area (Å²) in [4.78, 5) is 24.3. The lowest BCUT2D eigenvalue weighted by molar-refractivity contribution is 0.0742. The molecule has 0 fully saturated rings. The Bertz CT molecular complexity index is 542. The number of ether oxygens (including phenoxy) is 2. The van der Waals surface area contributed by atoms with Gasteiger partial charge in [-0.3, -0.25) is 5.41 Å². The highest BCUT2D eigenvalue weighted by molar-refractivity contribution is 6.00. The fourth-order valence-electron chi connectivity index (χ4n) is 1.89. The number of hydrogen-bond acceptors (Lipinski definition) is 5. The summed E-state index contributed by atoms with van der Waals surface area (Å²) >= 11 is 0. The predicted molar refractivity (Wildman–Crippen MR) is 76.3 cm³/mol. The molecule has 1 aromatic carbocycles. The second-order valence-corrected chi connectivity index (χ2v) is 4.47. The van der Waals surface area contributed by atoms with E-state index in [1.54, 1.807) is 30.3 Å². The van der Waals surface area contributed by atoms with Gasteiger partial charge in [0.1, 0.15) is 18.2 Å². The number of amides is 2. The van der Waals surface area contributed by atoms with Crippen molar-refractivity contribution in [1.82, 2.24) is 4.90 Å². The Kier molecular flexibility index (Phi) is 5.09. The molecule has 0 heterocycles. The standard InChI is InChI=1S/C15H16N2O4/c16-11-17(14(18)20-12-7-3-1-4-8-12)15(19)21-13-9-5-2-6-10-13/h1-5,7-8,11,13,16H,6,9-10H2. The molecule has 0 aliphatic heterocycles. The zero-order valence-corrected chi connectivity index (χ0v) is 11.4. The van der Waals surface area contributed by atoms with Gasteiger partial charge in [0.15, 0.2) is 0 Å². The Morgan fingerprint density at radius 3 is 2.57 bits per heavy atom. The average Bonchev–Trinajstić information content (AvgIpc) is 2.50. The number of imide groups is 1. The van der Waals surface area contributed by atoms with E-state index in [1.807, 2.05) is 12.2 Å². The third-order valence-electron chi connectivity index (χ3n) is 2.96. The van der Waals surface area contributed by atoms with Crippen LogP contribution < -0.4 is 4.74 Å². The highest BCUT2D eigenvalue weighted by Gasteiger charge is 2.26. The van der Waals surface area contributed by atoms with E-state index in [0.717, 1.165) is 6.42 Å². The molecule has 6 nitrogen and oxygen atoms in total. The smallest absolute Gasteiger partial charge is 0.430 e. The van der Waals surface area contributed by atoms with Crippen molar-refractivity contribution >= 4 is 18.5 Å².